The van der Waals surface area contributed by atoms with Gasteiger partial charge in [0.05, 0.1) is 25.6 Å². The lowest BCUT2D eigenvalue weighted by atomic mass is 10.2. The summed E-state index contributed by atoms with van der Waals surface area (Å²) >= 11 is 0. The van der Waals surface area contributed by atoms with Gasteiger partial charge in [-0.15, -0.1) is 0 Å². The van der Waals surface area contributed by atoms with E-state index >= 15 is 0 Å². The van der Waals surface area contributed by atoms with Crippen LogP contribution in [0.2, 0.25) is 0 Å². The molecular weight excluding hydrogens is 564 g/mol. The SMILES string of the molecule is CCN1CCN(c2ccc(N(C(=O)OC(C)(C)C)c3cc(N(C)C(=O)Nc4cc(OC)cc(OC)c4)ncn3)c(N)c2)CC1. The second-order valence-electron chi connectivity index (χ2n) is 11.3. The Balaban J connectivity index is 1.63. The molecule has 13 heteroatoms. The van der Waals surface area contributed by atoms with Gasteiger partial charge in [0, 0.05) is 68.9 Å². The Bertz CT molecular complexity index is 1450. The molecule has 0 aliphatic carbocycles. The molecule has 0 atom stereocenters. The van der Waals surface area contributed by atoms with Gasteiger partial charge < -0.3 is 35.1 Å². The van der Waals surface area contributed by atoms with E-state index in [2.05, 4.69) is 32.0 Å². The van der Waals surface area contributed by atoms with Gasteiger partial charge in [-0.2, -0.15) is 0 Å². The molecule has 0 unspecified atom stereocenters. The molecule has 3 N–H and O–H groups in total. The van der Waals surface area contributed by atoms with Gasteiger partial charge in [-0.1, -0.05) is 6.92 Å². The van der Waals surface area contributed by atoms with Gasteiger partial charge in [0.25, 0.3) is 0 Å². The van der Waals surface area contributed by atoms with E-state index in [1.807, 2.05) is 12.1 Å². The number of carbonyl (C=O) groups is 2. The summed E-state index contributed by atoms with van der Waals surface area (Å²) < 4.78 is 16.3. The van der Waals surface area contributed by atoms with E-state index in [9.17, 15) is 9.59 Å². The van der Waals surface area contributed by atoms with Crippen LogP contribution in [0.3, 0.4) is 0 Å². The van der Waals surface area contributed by atoms with Crippen LogP contribution in [0.25, 0.3) is 0 Å². The predicted molar refractivity (Wildman–Crippen MR) is 173 cm³/mol. The summed E-state index contributed by atoms with van der Waals surface area (Å²) in [5.74, 6) is 1.46. The number of anilines is 6. The fourth-order valence-corrected chi connectivity index (χ4v) is 4.72. The quantitative estimate of drug-likeness (QED) is 0.338. The maximum atomic E-state index is 13.6. The molecule has 3 aromatic rings. The number of aromatic nitrogens is 2. The molecule has 1 aromatic heterocycles. The minimum Gasteiger partial charge on any atom is -0.497 e. The molecule has 1 saturated heterocycles. The third-order valence-corrected chi connectivity index (χ3v) is 7.13. The first-order chi connectivity index (χ1) is 20.9. The highest BCUT2D eigenvalue weighted by atomic mass is 16.6. The Hall–Kier alpha value is -4.78. The van der Waals surface area contributed by atoms with E-state index in [0.717, 1.165) is 38.4 Å². The predicted octanol–water partition coefficient (Wildman–Crippen LogP) is 4.96. The number of carbonyl (C=O) groups excluding carboxylic acids is 2. The summed E-state index contributed by atoms with van der Waals surface area (Å²) in [5.41, 5.74) is 8.01. The average molecular weight is 607 g/mol. The van der Waals surface area contributed by atoms with Gasteiger partial charge in [0.1, 0.15) is 35.1 Å². The zero-order chi connectivity index (χ0) is 32.0. The maximum absolute atomic E-state index is 13.6. The van der Waals surface area contributed by atoms with E-state index in [0.29, 0.717) is 28.6 Å². The van der Waals surface area contributed by atoms with E-state index in [4.69, 9.17) is 19.9 Å². The van der Waals surface area contributed by atoms with E-state index < -0.39 is 17.7 Å². The van der Waals surface area contributed by atoms with Crippen molar-refractivity contribution in [3.8, 4) is 11.5 Å². The van der Waals surface area contributed by atoms with Crippen LogP contribution in [-0.4, -0.2) is 86.6 Å². The van der Waals surface area contributed by atoms with Crippen LogP contribution in [0.15, 0.2) is 48.8 Å². The fraction of sp³-hybridized carbons (Fsp3) is 0.419. The first-order valence-electron chi connectivity index (χ1n) is 14.4. The van der Waals surface area contributed by atoms with Crippen molar-refractivity contribution in [1.29, 1.82) is 0 Å². The Labute approximate surface area is 258 Å². The summed E-state index contributed by atoms with van der Waals surface area (Å²) in [6.45, 7) is 12.2. The number of benzene rings is 2. The highest BCUT2D eigenvalue weighted by Gasteiger charge is 2.29. The van der Waals surface area contributed by atoms with Gasteiger partial charge in [-0.25, -0.2) is 24.5 Å². The fourth-order valence-electron chi connectivity index (χ4n) is 4.72. The minimum absolute atomic E-state index is 0.183. The van der Waals surface area contributed by atoms with E-state index in [1.54, 1.807) is 52.1 Å². The molecule has 4 rings (SSSR count). The molecule has 0 spiro atoms. The molecule has 236 valence electrons. The normalized spacial score (nSPS) is 13.7. The first kappa shape index (κ1) is 32.1. The number of nitrogens with one attached hydrogen (secondary N) is 1. The largest absolute Gasteiger partial charge is 0.497 e. The molecule has 1 aliphatic rings. The second-order valence-corrected chi connectivity index (χ2v) is 11.3. The van der Waals surface area contributed by atoms with Crippen LogP contribution in [0, 0.1) is 0 Å². The number of nitrogens with zero attached hydrogens (tertiary/aromatic N) is 6. The number of hydrogen-bond donors (Lipinski definition) is 2. The van der Waals surface area contributed by atoms with Crippen molar-refractivity contribution in [3.63, 3.8) is 0 Å². The zero-order valence-corrected chi connectivity index (χ0v) is 26.5. The summed E-state index contributed by atoms with van der Waals surface area (Å²) in [6.07, 6.45) is 0.603. The number of urea groups is 1. The van der Waals surface area contributed by atoms with Crippen molar-refractivity contribution >= 4 is 46.5 Å². The zero-order valence-electron chi connectivity index (χ0n) is 26.5. The minimum atomic E-state index is -0.784. The molecule has 0 bridgehead atoms. The molecule has 2 aromatic carbocycles. The molecule has 0 radical (unpaired) electrons. The summed E-state index contributed by atoms with van der Waals surface area (Å²) in [5, 5.41) is 2.81. The molecule has 44 heavy (non-hydrogen) atoms. The van der Waals surface area contributed by atoms with Crippen LogP contribution in [0.1, 0.15) is 27.7 Å². The highest BCUT2D eigenvalue weighted by Crippen LogP contribution is 2.35. The number of rotatable bonds is 8. The molecular formula is C31H42N8O5. The van der Waals surface area contributed by atoms with Crippen molar-refractivity contribution in [2.24, 2.45) is 0 Å². The van der Waals surface area contributed by atoms with Gasteiger partial charge in [0.15, 0.2) is 0 Å². The van der Waals surface area contributed by atoms with Gasteiger partial charge >= 0.3 is 12.1 Å². The number of nitrogen functional groups attached to an aromatic ring is 1. The Morgan fingerprint density at radius 3 is 2.16 bits per heavy atom. The van der Waals surface area contributed by atoms with Crippen molar-refractivity contribution in [2.45, 2.75) is 33.3 Å². The Morgan fingerprint density at radius 2 is 1.59 bits per heavy atom. The van der Waals surface area contributed by atoms with Crippen molar-refractivity contribution in [2.75, 3.05) is 79.7 Å². The third kappa shape index (κ3) is 7.78. The van der Waals surface area contributed by atoms with Crippen molar-refractivity contribution in [3.05, 3.63) is 48.8 Å². The summed E-state index contributed by atoms with van der Waals surface area (Å²) in [4.78, 5) is 42.7. The number of hydrogen-bond acceptors (Lipinski definition) is 10. The summed E-state index contributed by atoms with van der Waals surface area (Å²) in [6, 6.07) is 11.7. The Morgan fingerprint density at radius 1 is 0.955 bits per heavy atom. The number of likely N-dealkylation sites (N-methyl/N-ethyl adjacent to an activating group) is 1. The van der Waals surface area contributed by atoms with Crippen LogP contribution in [-0.2, 0) is 4.74 Å². The van der Waals surface area contributed by atoms with Crippen LogP contribution >= 0.6 is 0 Å². The first-order valence-corrected chi connectivity index (χ1v) is 14.4. The van der Waals surface area contributed by atoms with Crippen LogP contribution < -0.4 is 35.2 Å². The smallest absolute Gasteiger partial charge is 0.420 e. The lowest BCUT2D eigenvalue weighted by Crippen LogP contribution is -2.46. The molecule has 13 nitrogen and oxygen atoms in total. The number of ether oxygens (including phenoxy) is 3. The van der Waals surface area contributed by atoms with Gasteiger partial charge in [-0.3, -0.25) is 4.90 Å². The maximum Gasteiger partial charge on any atom is 0.420 e. The Kier molecular flexibility index (Phi) is 9.99. The topological polar surface area (TPSA) is 139 Å². The standard InChI is InChI=1S/C31H42N8O5/c1-8-37-11-13-38(14-12-37)22-9-10-26(25(32)17-22)39(30(41)44-31(2,3)4)28-19-27(33-20-34-28)36(5)29(40)35-21-15-23(42-6)18-24(16-21)43-7/h9-10,15-20H,8,11-14,32H2,1-7H3,(H,35,40). The molecule has 1 aliphatic heterocycles. The molecule has 2 heterocycles. The lowest BCUT2D eigenvalue weighted by molar-refractivity contribution is 0.0598. The van der Waals surface area contributed by atoms with Crippen LogP contribution in [0.4, 0.5) is 44.0 Å². The van der Waals surface area contributed by atoms with Crippen molar-refractivity contribution in [1.82, 2.24) is 14.9 Å². The number of nitrogens with two attached hydrogens (primary N) is 1. The highest BCUT2D eigenvalue weighted by molar-refractivity contribution is 6.02. The molecule has 0 saturated carbocycles. The summed E-state index contributed by atoms with van der Waals surface area (Å²) in [7, 11) is 4.61. The van der Waals surface area contributed by atoms with Gasteiger partial charge in [-0.05, 0) is 45.5 Å². The number of methoxy groups -OCH3 is 2. The van der Waals surface area contributed by atoms with Crippen molar-refractivity contribution < 1.29 is 23.8 Å². The van der Waals surface area contributed by atoms with E-state index in [1.165, 1.54) is 36.4 Å². The lowest BCUT2D eigenvalue weighted by Gasteiger charge is -2.36. The second kappa shape index (κ2) is 13.7. The monoisotopic (exact) mass is 606 g/mol. The molecule has 3 amide bonds. The number of piperazine rings is 1. The molecule has 1 fully saturated rings. The number of amides is 3. The van der Waals surface area contributed by atoms with Gasteiger partial charge in [0.2, 0.25) is 0 Å². The average Bonchev–Trinajstić information content (AvgIpc) is 3.00. The van der Waals surface area contributed by atoms with E-state index in [-0.39, 0.29) is 11.6 Å². The van der Waals surface area contributed by atoms with Crippen LogP contribution in [0.5, 0.6) is 11.5 Å². The third-order valence-electron chi connectivity index (χ3n) is 7.13.